The smallest absolute Gasteiger partial charge is 0.348 e. The standard InChI is InChI=1S/C18H26N4O4S/c1-6-8-19-12(23)9-22(5)11(4)15-20-16(24)13-10(3)14(18(25)26-7-2)27-17(13)21-15/h11H,6-9H2,1-5H3,(H,19,23)(H,20,21,24)/p+1/t11-/m0/s1. The maximum atomic E-state index is 12.6. The Morgan fingerprint density at radius 2 is 2.07 bits per heavy atom. The fraction of sp³-hybridized carbons (Fsp3) is 0.556. The maximum Gasteiger partial charge on any atom is 0.348 e. The molecule has 0 aliphatic heterocycles. The third-order valence-corrected chi connectivity index (χ3v) is 5.61. The third kappa shape index (κ3) is 4.72. The van der Waals surface area contributed by atoms with E-state index in [0.29, 0.717) is 33.0 Å². The number of esters is 1. The Hall–Kier alpha value is -2.26. The summed E-state index contributed by atoms with van der Waals surface area (Å²) in [6, 6.07) is -0.192. The molecule has 0 spiro atoms. The number of nitrogens with zero attached hydrogens (tertiary/aromatic N) is 1. The highest BCUT2D eigenvalue weighted by atomic mass is 32.1. The first kappa shape index (κ1) is 21.0. The summed E-state index contributed by atoms with van der Waals surface area (Å²) in [5.74, 6) is 0.00785. The largest absolute Gasteiger partial charge is 0.462 e. The van der Waals surface area contributed by atoms with Crippen molar-refractivity contribution in [3.8, 4) is 0 Å². The maximum absolute atomic E-state index is 12.6. The number of carbonyl (C=O) groups is 2. The molecule has 0 saturated carbocycles. The number of H-pyrrole nitrogens is 1. The topological polar surface area (TPSA) is 106 Å². The molecule has 8 nitrogen and oxygen atoms in total. The molecular formula is C18H27N4O4S+. The Bertz CT molecular complexity index is 889. The number of aromatic amines is 1. The number of rotatable bonds is 8. The SMILES string of the molecule is CCCNC(=O)C[NH+](C)[C@@H](C)c1nc2sc(C(=O)OCC)c(C)c2c(=O)[nH]1. The molecule has 2 heterocycles. The molecule has 2 atom stereocenters. The lowest BCUT2D eigenvalue weighted by atomic mass is 10.2. The van der Waals surface area contributed by atoms with Gasteiger partial charge in [-0.2, -0.15) is 0 Å². The van der Waals surface area contributed by atoms with Gasteiger partial charge in [0.2, 0.25) is 0 Å². The molecular weight excluding hydrogens is 368 g/mol. The molecule has 0 fully saturated rings. The van der Waals surface area contributed by atoms with Crippen molar-refractivity contribution in [3.05, 3.63) is 26.6 Å². The van der Waals surface area contributed by atoms with Crippen LogP contribution in [0.3, 0.4) is 0 Å². The van der Waals surface area contributed by atoms with Crippen LogP contribution in [0.1, 0.15) is 54.3 Å². The normalized spacial score (nSPS) is 13.4. The van der Waals surface area contributed by atoms with Crippen LogP contribution in [0.15, 0.2) is 4.79 Å². The average Bonchev–Trinajstić information content (AvgIpc) is 2.96. The van der Waals surface area contributed by atoms with Crippen LogP contribution in [0.25, 0.3) is 10.2 Å². The number of fused-ring (bicyclic) bond motifs is 1. The van der Waals surface area contributed by atoms with Gasteiger partial charge in [-0.25, -0.2) is 9.78 Å². The minimum Gasteiger partial charge on any atom is -0.462 e. The number of aryl methyl sites for hydroxylation is 1. The first-order valence-corrected chi connectivity index (χ1v) is 9.91. The summed E-state index contributed by atoms with van der Waals surface area (Å²) >= 11 is 1.16. The minimum absolute atomic E-state index is 0.0406. The van der Waals surface area contributed by atoms with Gasteiger partial charge in [-0.05, 0) is 32.8 Å². The van der Waals surface area contributed by atoms with E-state index >= 15 is 0 Å². The van der Waals surface area contributed by atoms with E-state index in [1.54, 1.807) is 13.8 Å². The number of thiophene rings is 1. The highest BCUT2D eigenvalue weighted by molar-refractivity contribution is 7.20. The van der Waals surface area contributed by atoms with Gasteiger partial charge in [0, 0.05) is 6.54 Å². The molecule has 0 aliphatic carbocycles. The van der Waals surface area contributed by atoms with E-state index in [-0.39, 0.29) is 30.7 Å². The highest BCUT2D eigenvalue weighted by Crippen LogP contribution is 2.28. The quantitative estimate of drug-likeness (QED) is 0.567. The van der Waals surface area contributed by atoms with Crippen molar-refractivity contribution in [3.63, 3.8) is 0 Å². The lowest BCUT2D eigenvalue weighted by Crippen LogP contribution is -3.10. The van der Waals surface area contributed by atoms with Gasteiger partial charge in [0.1, 0.15) is 15.7 Å². The molecule has 0 bridgehead atoms. The van der Waals surface area contributed by atoms with Gasteiger partial charge < -0.3 is 19.9 Å². The predicted octanol–water partition coefficient (Wildman–Crippen LogP) is 0.572. The highest BCUT2D eigenvalue weighted by Gasteiger charge is 2.24. The van der Waals surface area contributed by atoms with Crippen LogP contribution in [0.4, 0.5) is 0 Å². The lowest BCUT2D eigenvalue weighted by molar-refractivity contribution is -0.903. The number of hydrogen-bond donors (Lipinski definition) is 3. The van der Waals surface area contributed by atoms with E-state index in [1.165, 1.54) is 0 Å². The molecule has 2 rings (SSSR count). The van der Waals surface area contributed by atoms with Gasteiger partial charge >= 0.3 is 5.97 Å². The first-order chi connectivity index (χ1) is 12.8. The van der Waals surface area contributed by atoms with Crippen molar-refractivity contribution in [2.75, 3.05) is 26.7 Å². The molecule has 148 valence electrons. The lowest BCUT2D eigenvalue weighted by Gasteiger charge is -2.20. The van der Waals surface area contributed by atoms with Crippen molar-refractivity contribution in [2.24, 2.45) is 0 Å². The number of hydrogen-bond acceptors (Lipinski definition) is 6. The van der Waals surface area contributed by atoms with Gasteiger partial charge in [0.05, 0.1) is 19.0 Å². The van der Waals surface area contributed by atoms with E-state index in [1.807, 2.05) is 20.9 Å². The van der Waals surface area contributed by atoms with Crippen molar-refractivity contribution in [1.29, 1.82) is 0 Å². The van der Waals surface area contributed by atoms with Crippen LogP contribution in [0.5, 0.6) is 0 Å². The van der Waals surface area contributed by atoms with Crippen molar-refractivity contribution in [1.82, 2.24) is 15.3 Å². The fourth-order valence-electron chi connectivity index (χ4n) is 2.72. The van der Waals surface area contributed by atoms with Gasteiger partial charge in [-0.1, -0.05) is 6.92 Å². The molecule has 1 unspecified atom stereocenters. The number of quaternary nitrogens is 1. The second-order valence-corrected chi connectivity index (χ2v) is 7.50. The Labute approximate surface area is 161 Å². The molecule has 0 aromatic carbocycles. The number of nitrogens with one attached hydrogen (secondary N) is 3. The fourth-order valence-corrected chi connectivity index (χ4v) is 3.81. The van der Waals surface area contributed by atoms with E-state index < -0.39 is 5.97 Å². The van der Waals surface area contributed by atoms with Crippen LogP contribution in [0.2, 0.25) is 0 Å². The number of aromatic nitrogens is 2. The third-order valence-electron chi connectivity index (χ3n) is 4.44. The Morgan fingerprint density at radius 3 is 2.70 bits per heavy atom. The van der Waals surface area contributed by atoms with Crippen molar-refractivity contribution < 1.29 is 19.2 Å². The summed E-state index contributed by atoms with van der Waals surface area (Å²) in [7, 11) is 1.88. The minimum atomic E-state index is -0.442. The number of likely N-dealkylation sites (N-methyl/N-ethyl adjacent to an activating group) is 1. The molecule has 1 amide bonds. The van der Waals surface area contributed by atoms with Crippen molar-refractivity contribution >= 4 is 33.4 Å². The molecule has 2 aromatic rings. The summed E-state index contributed by atoms with van der Waals surface area (Å²) < 4.78 is 5.05. The summed E-state index contributed by atoms with van der Waals surface area (Å²) in [5, 5.41) is 3.26. The van der Waals surface area contributed by atoms with E-state index in [0.717, 1.165) is 22.7 Å². The summed E-state index contributed by atoms with van der Waals surface area (Å²) in [6.45, 7) is 8.55. The van der Waals surface area contributed by atoms with Crippen LogP contribution >= 0.6 is 11.3 Å². The molecule has 2 aromatic heterocycles. The zero-order chi connectivity index (χ0) is 20.1. The molecule has 0 aliphatic rings. The number of ether oxygens (including phenoxy) is 1. The zero-order valence-corrected chi connectivity index (χ0v) is 17.2. The average molecular weight is 396 g/mol. The summed E-state index contributed by atoms with van der Waals surface area (Å²) in [6.07, 6.45) is 0.881. The number of amides is 1. The van der Waals surface area contributed by atoms with Crippen LogP contribution in [-0.4, -0.2) is 48.6 Å². The Morgan fingerprint density at radius 1 is 1.37 bits per heavy atom. The van der Waals surface area contributed by atoms with Gasteiger partial charge in [-0.3, -0.25) is 9.59 Å². The molecule has 0 saturated heterocycles. The zero-order valence-electron chi connectivity index (χ0n) is 16.4. The number of carbonyl (C=O) groups excluding carboxylic acids is 2. The van der Waals surface area contributed by atoms with E-state index in [4.69, 9.17) is 4.74 Å². The molecule has 27 heavy (non-hydrogen) atoms. The van der Waals surface area contributed by atoms with Gasteiger partial charge in [0.15, 0.2) is 12.4 Å². The van der Waals surface area contributed by atoms with Gasteiger partial charge in [0.25, 0.3) is 11.5 Å². The van der Waals surface area contributed by atoms with Crippen LogP contribution in [0, 0.1) is 6.92 Å². The van der Waals surface area contributed by atoms with Crippen LogP contribution < -0.4 is 15.8 Å². The van der Waals surface area contributed by atoms with E-state index in [2.05, 4.69) is 15.3 Å². The molecule has 0 radical (unpaired) electrons. The Balaban J connectivity index is 2.30. The molecule has 3 N–H and O–H groups in total. The van der Waals surface area contributed by atoms with Gasteiger partial charge in [-0.15, -0.1) is 11.3 Å². The van der Waals surface area contributed by atoms with Crippen LogP contribution in [-0.2, 0) is 9.53 Å². The second kappa shape index (κ2) is 9.09. The van der Waals surface area contributed by atoms with Crippen molar-refractivity contribution in [2.45, 2.75) is 40.2 Å². The Kier molecular flexibility index (Phi) is 7.09. The predicted molar refractivity (Wildman–Crippen MR) is 104 cm³/mol. The second-order valence-electron chi connectivity index (χ2n) is 6.50. The van der Waals surface area contributed by atoms with E-state index in [9.17, 15) is 14.4 Å². The molecule has 9 heteroatoms. The summed E-state index contributed by atoms with van der Waals surface area (Å²) in [4.78, 5) is 45.8. The first-order valence-electron chi connectivity index (χ1n) is 9.09. The monoisotopic (exact) mass is 395 g/mol. The summed E-state index contributed by atoms with van der Waals surface area (Å²) in [5.41, 5.74) is 0.301.